The van der Waals surface area contributed by atoms with Crippen LogP contribution < -0.4 is 0 Å². The Morgan fingerprint density at radius 3 is 2.43 bits per heavy atom. The molecule has 1 fully saturated rings. The second-order valence-electron chi connectivity index (χ2n) is 8.06. The van der Waals surface area contributed by atoms with Gasteiger partial charge in [0.2, 0.25) is 15.9 Å². The lowest BCUT2D eigenvalue weighted by Gasteiger charge is -2.40. The number of benzene rings is 1. The van der Waals surface area contributed by atoms with Gasteiger partial charge in [0, 0.05) is 44.1 Å². The minimum absolute atomic E-state index is 0.171. The third kappa shape index (κ3) is 4.19. The fourth-order valence-corrected chi connectivity index (χ4v) is 6.66. The summed E-state index contributed by atoms with van der Waals surface area (Å²) in [5.41, 5.74) is 2.30. The Balaban J connectivity index is 1.40. The molecule has 1 atom stereocenters. The van der Waals surface area contributed by atoms with Crippen molar-refractivity contribution < 1.29 is 13.2 Å². The van der Waals surface area contributed by atoms with E-state index in [9.17, 15) is 13.2 Å². The minimum Gasteiger partial charge on any atom is -0.337 e. The van der Waals surface area contributed by atoms with Gasteiger partial charge in [0.25, 0.3) is 0 Å². The van der Waals surface area contributed by atoms with Crippen molar-refractivity contribution in [3.05, 3.63) is 51.7 Å². The molecule has 3 heterocycles. The third-order valence-electron chi connectivity index (χ3n) is 6.16. The largest absolute Gasteiger partial charge is 0.337 e. The zero-order chi connectivity index (χ0) is 21.3. The van der Waals surface area contributed by atoms with Crippen molar-refractivity contribution in [1.82, 2.24) is 14.1 Å². The van der Waals surface area contributed by atoms with Crippen LogP contribution >= 0.6 is 11.3 Å². The van der Waals surface area contributed by atoms with Crippen LogP contribution in [0.5, 0.6) is 0 Å². The van der Waals surface area contributed by atoms with Crippen LogP contribution in [0.1, 0.15) is 29.3 Å². The maximum Gasteiger partial charge on any atom is 0.243 e. The predicted molar refractivity (Wildman–Crippen MR) is 119 cm³/mol. The molecule has 1 unspecified atom stereocenters. The Hall–Kier alpha value is -1.74. The minimum atomic E-state index is -3.49. The van der Waals surface area contributed by atoms with Gasteiger partial charge in [-0.15, -0.1) is 11.3 Å². The number of hydrogen-bond acceptors (Lipinski definition) is 5. The van der Waals surface area contributed by atoms with E-state index in [0.717, 1.165) is 24.9 Å². The van der Waals surface area contributed by atoms with Crippen LogP contribution in [0.3, 0.4) is 0 Å². The van der Waals surface area contributed by atoms with E-state index < -0.39 is 10.0 Å². The van der Waals surface area contributed by atoms with E-state index in [1.54, 1.807) is 27.8 Å². The van der Waals surface area contributed by atoms with Gasteiger partial charge in [-0.25, -0.2) is 8.42 Å². The number of hydrogen-bond donors (Lipinski definition) is 0. The molecule has 4 rings (SSSR count). The Kier molecular flexibility index (Phi) is 6.29. The molecule has 0 N–H and O–H groups in total. The molecule has 1 saturated heterocycles. The maximum atomic E-state index is 13.2. The van der Waals surface area contributed by atoms with Crippen LogP contribution in [0.25, 0.3) is 0 Å². The summed E-state index contributed by atoms with van der Waals surface area (Å²) in [6, 6.07) is 8.93. The third-order valence-corrected chi connectivity index (χ3v) is 9.10. The number of amides is 1. The standard InChI is InChI=1S/C22H29N3O3S2/c1-3-20(22(26)24-10-8-21-18(16-24)9-15-29-21)23-11-13-25(14-12-23)30(27,28)19-6-4-17(2)5-7-19/h4-7,9,15,20H,3,8,10-14,16H2,1-2H3. The molecule has 2 aromatic rings. The summed E-state index contributed by atoms with van der Waals surface area (Å²) in [4.78, 5) is 19.1. The van der Waals surface area contributed by atoms with Crippen molar-refractivity contribution in [3.8, 4) is 0 Å². The van der Waals surface area contributed by atoms with Crippen LogP contribution in [0.15, 0.2) is 40.6 Å². The molecule has 1 amide bonds. The summed E-state index contributed by atoms with van der Waals surface area (Å²) >= 11 is 1.77. The fraction of sp³-hybridized carbons (Fsp3) is 0.500. The van der Waals surface area contributed by atoms with Crippen LogP contribution in [-0.4, -0.2) is 67.2 Å². The van der Waals surface area contributed by atoms with Gasteiger partial charge >= 0.3 is 0 Å². The molecule has 0 radical (unpaired) electrons. The molecule has 0 saturated carbocycles. The summed E-state index contributed by atoms with van der Waals surface area (Å²) in [5.74, 6) is 0.171. The molecule has 1 aromatic carbocycles. The zero-order valence-electron chi connectivity index (χ0n) is 17.6. The number of aryl methyl sites for hydroxylation is 1. The second kappa shape index (κ2) is 8.78. The van der Waals surface area contributed by atoms with Crippen molar-refractivity contribution in [3.63, 3.8) is 0 Å². The molecule has 162 valence electrons. The Bertz CT molecular complexity index is 993. The lowest BCUT2D eigenvalue weighted by molar-refractivity contribution is -0.138. The van der Waals surface area contributed by atoms with E-state index in [1.807, 2.05) is 30.9 Å². The van der Waals surface area contributed by atoms with Crippen LogP contribution in [-0.2, 0) is 27.8 Å². The average molecular weight is 448 g/mol. The summed E-state index contributed by atoms with van der Waals surface area (Å²) < 4.78 is 27.4. The SMILES string of the molecule is CCC(C(=O)N1CCc2sccc2C1)N1CCN(S(=O)(=O)c2ccc(C)cc2)CC1. The maximum absolute atomic E-state index is 13.2. The van der Waals surface area contributed by atoms with Crippen LogP contribution in [0.4, 0.5) is 0 Å². The first-order chi connectivity index (χ1) is 14.4. The van der Waals surface area contributed by atoms with Crippen molar-refractivity contribution in [2.45, 2.75) is 44.2 Å². The molecule has 1 aromatic heterocycles. The second-order valence-corrected chi connectivity index (χ2v) is 11.0. The molecular formula is C22H29N3O3S2. The number of carbonyl (C=O) groups is 1. The van der Waals surface area contributed by atoms with E-state index in [2.05, 4.69) is 16.3 Å². The number of carbonyl (C=O) groups excluding carboxylic acids is 1. The monoisotopic (exact) mass is 447 g/mol. The first-order valence-electron chi connectivity index (χ1n) is 10.5. The fourth-order valence-electron chi connectivity index (χ4n) is 4.35. The highest BCUT2D eigenvalue weighted by atomic mass is 32.2. The van der Waals surface area contributed by atoms with Crippen molar-refractivity contribution in [2.24, 2.45) is 0 Å². The van der Waals surface area contributed by atoms with Gasteiger partial charge in [0.15, 0.2) is 0 Å². The average Bonchev–Trinajstić information content (AvgIpc) is 3.23. The molecule has 30 heavy (non-hydrogen) atoms. The van der Waals surface area contributed by atoms with E-state index in [1.165, 1.54) is 10.4 Å². The van der Waals surface area contributed by atoms with Gasteiger partial charge < -0.3 is 4.90 Å². The highest BCUT2D eigenvalue weighted by Gasteiger charge is 2.35. The Labute approximate surface area is 183 Å². The topological polar surface area (TPSA) is 60.9 Å². The molecule has 6 nitrogen and oxygen atoms in total. The van der Waals surface area contributed by atoms with E-state index in [4.69, 9.17) is 0 Å². The van der Waals surface area contributed by atoms with Gasteiger partial charge in [-0.05, 0) is 48.9 Å². The summed E-state index contributed by atoms with van der Waals surface area (Å²) in [5, 5.41) is 2.10. The van der Waals surface area contributed by atoms with Gasteiger partial charge in [0.05, 0.1) is 10.9 Å². The number of sulfonamides is 1. The molecule has 0 bridgehead atoms. The van der Waals surface area contributed by atoms with Gasteiger partial charge in [-0.1, -0.05) is 24.6 Å². The predicted octanol–water partition coefficient (Wildman–Crippen LogP) is 2.73. The quantitative estimate of drug-likeness (QED) is 0.707. The Morgan fingerprint density at radius 2 is 1.77 bits per heavy atom. The van der Waals surface area contributed by atoms with Crippen molar-refractivity contribution in [1.29, 1.82) is 0 Å². The van der Waals surface area contributed by atoms with Gasteiger partial charge in [-0.2, -0.15) is 4.31 Å². The van der Waals surface area contributed by atoms with Crippen molar-refractivity contribution >= 4 is 27.3 Å². The summed E-state index contributed by atoms with van der Waals surface area (Å²) in [6.07, 6.45) is 1.66. The molecule has 8 heteroatoms. The smallest absolute Gasteiger partial charge is 0.243 e. The highest BCUT2D eigenvalue weighted by Crippen LogP contribution is 2.26. The van der Waals surface area contributed by atoms with E-state index >= 15 is 0 Å². The number of rotatable bonds is 5. The normalized spacial score (nSPS) is 19.5. The zero-order valence-corrected chi connectivity index (χ0v) is 19.2. The van der Waals surface area contributed by atoms with Gasteiger partial charge in [0.1, 0.15) is 0 Å². The number of piperazine rings is 1. The first kappa shape index (κ1) is 21.5. The molecule has 2 aliphatic heterocycles. The van der Waals surface area contributed by atoms with Crippen LogP contribution in [0, 0.1) is 6.92 Å². The van der Waals surface area contributed by atoms with Crippen molar-refractivity contribution in [2.75, 3.05) is 32.7 Å². The lowest BCUT2D eigenvalue weighted by atomic mass is 10.1. The number of fused-ring (bicyclic) bond motifs is 1. The van der Waals surface area contributed by atoms with Crippen LogP contribution in [0.2, 0.25) is 0 Å². The van der Waals surface area contributed by atoms with Gasteiger partial charge in [-0.3, -0.25) is 9.69 Å². The summed E-state index contributed by atoms with van der Waals surface area (Å²) in [6.45, 7) is 7.42. The molecule has 0 aliphatic carbocycles. The lowest BCUT2D eigenvalue weighted by Crippen LogP contribution is -2.56. The first-order valence-corrected chi connectivity index (χ1v) is 12.9. The highest BCUT2D eigenvalue weighted by molar-refractivity contribution is 7.89. The molecule has 0 spiro atoms. The molecule has 2 aliphatic rings. The summed E-state index contributed by atoms with van der Waals surface area (Å²) in [7, 11) is -3.49. The van der Waals surface area contributed by atoms with E-state index in [0.29, 0.717) is 37.6 Å². The number of thiophene rings is 1. The Morgan fingerprint density at radius 1 is 1.07 bits per heavy atom. The van der Waals surface area contributed by atoms with E-state index in [-0.39, 0.29) is 11.9 Å². The number of nitrogens with zero attached hydrogens (tertiary/aromatic N) is 3. The molecular weight excluding hydrogens is 418 g/mol.